The highest BCUT2D eigenvalue weighted by atomic mass is 32.1. The molecule has 3 aromatic rings. The summed E-state index contributed by atoms with van der Waals surface area (Å²) in [7, 11) is 0. The number of carbonyl (C=O) groups is 2. The van der Waals surface area contributed by atoms with E-state index in [9.17, 15) is 9.59 Å². The Labute approximate surface area is 142 Å². The van der Waals surface area contributed by atoms with Crippen molar-refractivity contribution in [3.8, 4) is 0 Å². The van der Waals surface area contributed by atoms with Crippen molar-refractivity contribution in [1.29, 1.82) is 0 Å². The van der Waals surface area contributed by atoms with Crippen LogP contribution < -0.4 is 5.32 Å². The lowest BCUT2D eigenvalue weighted by Gasteiger charge is -2.13. The molecule has 0 aliphatic heterocycles. The SMILES string of the molecule is C[C@@H](OC(=O)c1ccc2nccnc2c1)C(=O)NCc1cccs1. The molecule has 7 heteroatoms. The molecule has 24 heavy (non-hydrogen) atoms. The van der Waals surface area contributed by atoms with E-state index in [-0.39, 0.29) is 5.91 Å². The first kappa shape index (κ1) is 16.1. The molecule has 0 saturated carbocycles. The fourth-order valence-corrected chi connectivity index (χ4v) is 2.75. The average Bonchev–Trinajstić information content (AvgIpc) is 3.12. The summed E-state index contributed by atoms with van der Waals surface area (Å²) in [5.74, 6) is -0.904. The second kappa shape index (κ2) is 7.18. The van der Waals surface area contributed by atoms with Gasteiger partial charge in [-0.3, -0.25) is 14.8 Å². The number of nitrogens with one attached hydrogen (secondary N) is 1. The van der Waals surface area contributed by atoms with Crippen LogP contribution in [0.4, 0.5) is 0 Å². The smallest absolute Gasteiger partial charge is 0.338 e. The fourth-order valence-electron chi connectivity index (χ4n) is 2.10. The van der Waals surface area contributed by atoms with Crippen molar-refractivity contribution < 1.29 is 14.3 Å². The van der Waals surface area contributed by atoms with E-state index in [4.69, 9.17) is 4.74 Å². The van der Waals surface area contributed by atoms with E-state index in [0.717, 1.165) is 4.88 Å². The number of rotatable bonds is 5. The van der Waals surface area contributed by atoms with Crippen molar-refractivity contribution in [2.75, 3.05) is 0 Å². The molecule has 0 bridgehead atoms. The molecule has 0 radical (unpaired) electrons. The normalized spacial score (nSPS) is 11.9. The first-order valence-electron chi connectivity index (χ1n) is 7.35. The predicted molar refractivity (Wildman–Crippen MR) is 90.6 cm³/mol. The maximum atomic E-state index is 12.2. The number of carbonyl (C=O) groups excluding carboxylic acids is 2. The number of hydrogen-bond acceptors (Lipinski definition) is 6. The van der Waals surface area contributed by atoms with Crippen molar-refractivity contribution in [3.63, 3.8) is 0 Å². The molecule has 2 heterocycles. The molecule has 0 aliphatic rings. The Morgan fingerprint density at radius 2 is 2.00 bits per heavy atom. The van der Waals surface area contributed by atoms with Crippen LogP contribution in [0.25, 0.3) is 11.0 Å². The van der Waals surface area contributed by atoms with Gasteiger partial charge >= 0.3 is 5.97 Å². The summed E-state index contributed by atoms with van der Waals surface area (Å²) in [5.41, 5.74) is 1.62. The van der Waals surface area contributed by atoms with Crippen LogP contribution in [-0.2, 0) is 16.1 Å². The van der Waals surface area contributed by atoms with Gasteiger partial charge in [-0.25, -0.2) is 4.79 Å². The van der Waals surface area contributed by atoms with Gasteiger partial charge in [-0.1, -0.05) is 6.07 Å². The highest BCUT2D eigenvalue weighted by molar-refractivity contribution is 7.09. The molecule has 2 aromatic heterocycles. The number of aromatic nitrogens is 2. The van der Waals surface area contributed by atoms with Gasteiger partial charge in [-0.05, 0) is 36.6 Å². The quantitative estimate of drug-likeness (QED) is 0.721. The number of benzene rings is 1. The summed E-state index contributed by atoms with van der Waals surface area (Å²) < 4.78 is 5.22. The predicted octanol–water partition coefficient (Wildman–Crippen LogP) is 2.55. The molecule has 1 amide bonds. The molecule has 1 N–H and O–H groups in total. The van der Waals surface area contributed by atoms with Gasteiger partial charge in [0.2, 0.25) is 0 Å². The summed E-state index contributed by atoms with van der Waals surface area (Å²) in [4.78, 5) is 33.5. The van der Waals surface area contributed by atoms with E-state index in [1.54, 1.807) is 48.9 Å². The number of esters is 1. The van der Waals surface area contributed by atoms with E-state index < -0.39 is 12.1 Å². The Kier molecular flexibility index (Phi) is 4.81. The van der Waals surface area contributed by atoms with Crippen molar-refractivity contribution in [2.24, 2.45) is 0 Å². The Bertz CT molecular complexity index is 864. The second-order valence-electron chi connectivity index (χ2n) is 5.10. The number of nitrogens with zero attached hydrogens (tertiary/aromatic N) is 2. The molecule has 0 aliphatic carbocycles. The average molecular weight is 341 g/mol. The topological polar surface area (TPSA) is 81.2 Å². The third kappa shape index (κ3) is 3.75. The maximum absolute atomic E-state index is 12.2. The van der Waals surface area contributed by atoms with Crippen LogP contribution in [0.5, 0.6) is 0 Å². The first-order chi connectivity index (χ1) is 11.6. The number of thiophene rings is 1. The van der Waals surface area contributed by atoms with Crippen LogP contribution >= 0.6 is 11.3 Å². The molecule has 0 spiro atoms. The highest BCUT2D eigenvalue weighted by Crippen LogP contribution is 2.13. The van der Waals surface area contributed by atoms with Gasteiger partial charge in [0.25, 0.3) is 5.91 Å². The summed E-state index contributed by atoms with van der Waals surface area (Å²) in [6, 6.07) is 8.74. The fraction of sp³-hybridized carbons (Fsp3) is 0.176. The van der Waals surface area contributed by atoms with Gasteiger partial charge in [0.05, 0.1) is 23.1 Å². The van der Waals surface area contributed by atoms with Crippen LogP contribution in [-0.4, -0.2) is 27.9 Å². The number of hydrogen-bond donors (Lipinski definition) is 1. The molecule has 0 unspecified atom stereocenters. The zero-order valence-electron chi connectivity index (χ0n) is 12.9. The Morgan fingerprint density at radius 1 is 1.21 bits per heavy atom. The zero-order chi connectivity index (χ0) is 16.9. The van der Waals surface area contributed by atoms with Crippen LogP contribution in [0.15, 0.2) is 48.1 Å². The van der Waals surface area contributed by atoms with Gasteiger partial charge in [-0.2, -0.15) is 0 Å². The molecule has 0 fully saturated rings. The molecule has 6 nitrogen and oxygen atoms in total. The number of ether oxygens (including phenoxy) is 1. The molecular weight excluding hydrogens is 326 g/mol. The Morgan fingerprint density at radius 3 is 2.75 bits per heavy atom. The van der Waals surface area contributed by atoms with Gasteiger partial charge in [0, 0.05) is 17.3 Å². The van der Waals surface area contributed by atoms with Gasteiger partial charge in [0.15, 0.2) is 6.10 Å². The molecule has 1 aromatic carbocycles. The Balaban J connectivity index is 1.61. The lowest BCUT2D eigenvalue weighted by Crippen LogP contribution is -2.35. The van der Waals surface area contributed by atoms with E-state index in [1.807, 2.05) is 17.5 Å². The third-order valence-electron chi connectivity index (χ3n) is 3.38. The van der Waals surface area contributed by atoms with Crippen LogP contribution in [0, 0.1) is 0 Å². The highest BCUT2D eigenvalue weighted by Gasteiger charge is 2.19. The summed E-state index contributed by atoms with van der Waals surface area (Å²) in [6.07, 6.45) is 2.26. The van der Waals surface area contributed by atoms with Gasteiger partial charge in [0.1, 0.15) is 0 Å². The van der Waals surface area contributed by atoms with Crippen molar-refractivity contribution >= 4 is 34.2 Å². The molecule has 0 saturated heterocycles. The van der Waals surface area contributed by atoms with E-state index >= 15 is 0 Å². The second-order valence-corrected chi connectivity index (χ2v) is 6.14. The number of amides is 1. The minimum Gasteiger partial charge on any atom is -0.449 e. The lowest BCUT2D eigenvalue weighted by atomic mass is 10.2. The Hall–Kier alpha value is -2.80. The van der Waals surface area contributed by atoms with Gasteiger partial charge < -0.3 is 10.1 Å². The number of fused-ring (bicyclic) bond motifs is 1. The molecule has 1 atom stereocenters. The minimum absolute atomic E-state index is 0.334. The van der Waals surface area contributed by atoms with E-state index in [0.29, 0.717) is 23.1 Å². The molecule has 3 rings (SSSR count). The minimum atomic E-state index is -0.880. The standard InChI is InChI=1S/C17H15N3O3S/c1-11(16(21)20-10-13-3-2-8-24-13)23-17(22)12-4-5-14-15(9-12)19-7-6-18-14/h2-9,11H,10H2,1H3,(H,20,21)/t11-/m1/s1. The van der Waals surface area contributed by atoms with Crippen molar-refractivity contribution in [2.45, 2.75) is 19.6 Å². The maximum Gasteiger partial charge on any atom is 0.338 e. The van der Waals surface area contributed by atoms with Crippen molar-refractivity contribution in [3.05, 3.63) is 58.5 Å². The van der Waals surface area contributed by atoms with E-state index in [2.05, 4.69) is 15.3 Å². The largest absolute Gasteiger partial charge is 0.449 e. The molecular formula is C17H15N3O3S. The van der Waals surface area contributed by atoms with Crippen LogP contribution in [0.3, 0.4) is 0 Å². The van der Waals surface area contributed by atoms with Gasteiger partial charge in [-0.15, -0.1) is 11.3 Å². The summed E-state index contributed by atoms with van der Waals surface area (Å²) >= 11 is 1.55. The van der Waals surface area contributed by atoms with Crippen molar-refractivity contribution in [1.82, 2.24) is 15.3 Å². The monoisotopic (exact) mass is 341 g/mol. The first-order valence-corrected chi connectivity index (χ1v) is 8.23. The van der Waals surface area contributed by atoms with E-state index in [1.165, 1.54) is 0 Å². The molecule has 122 valence electrons. The summed E-state index contributed by atoms with van der Waals surface area (Å²) in [6.45, 7) is 1.96. The lowest BCUT2D eigenvalue weighted by molar-refractivity contribution is -0.129. The zero-order valence-corrected chi connectivity index (χ0v) is 13.7. The third-order valence-corrected chi connectivity index (χ3v) is 4.25. The van der Waals surface area contributed by atoms with Crippen LogP contribution in [0.1, 0.15) is 22.2 Å². The van der Waals surface area contributed by atoms with Crippen LogP contribution in [0.2, 0.25) is 0 Å². The summed E-state index contributed by atoms with van der Waals surface area (Å²) in [5, 5.41) is 4.68.